The van der Waals surface area contributed by atoms with Crippen molar-refractivity contribution < 1.29 is 4.79 Å². The number of carbonyl (C=O) groups is 1. The van der Waals surface area contributed by atoms with E-state index in [9.17, 15) is 4.79 Å². The Morgan fingerprint density at radius 3 is 2.48 bits per heavy atom. The van der Waals surface area contributed by atoms with Crippen LogP contribution in [0, 0.1) is 19.8 Å². The number of hydrogen-bond acceptors (Lipinski definition) is 4. The molecule has 7 heteroatoms. The van der Waals surface area contributed by atoms with Gasteiger partial charge in [0.25, 0.3) is 0 Å². The van der Waals surface area contributed by atoms with Crippen LogP contribution in [0.5, 0.6) is 0 Å². The van der Waals surface area contributed by atoms with Gasteiger partial charge in [0.1, 0.15) is 0 Å². The summed E-state index contributed by atoms with van der Waals surface area (Å²) in [7, 11) is 0. The van der Waals surface area contributed by atoms with E-state index in [0.29, 0.717) is 31.0 Å². The summed E-state index contributed by atoms with van der Waals surface area (Å²) in [6.07, 6.45) is 6.49. The van der Waals surface area contributed by atoms with Crippen LogP contribution >= 0.6 is 36.2 Å². The number of nitrogens with zero attached hydrogens (tertiary/aromatic N) is 1. The maximum absolute atomic E-state index is 12.1. The van der Waals surface area contributed by atoms with Gasteiger partial charge in [-0.1, -0.05) is 0 Å². The average molecular weight is 380 g/mol. The molecule has 2 fully saturated rings. The number of thiazole rings is 1. The third kappa shape index (κ3) is 5.59. The fraction of sp³-hybridized carbons (Fsp3) is 0.750. The van der Waals surface area contributed by atoms with E-state index in [1.165, 1.54) is 30.6 Å². The van der Waals surface area contributed by atoms with Crippen LogP contribution in [0.2, 0.25) is 0 Å². The Morgan fingerprint density at radius 1 is 1.26 bits per heavy atom. The van der Waals surface area contributed by atoms with Crippen molar-refractivity contribution in [2.24, 2.45) is 5.92 Å². The summed E-state index contributed by atoms with van der Waals surface area (Å²) in [6, 6.07) is 1.34. The molecule has 2 bridgehead atoms. The van der Waals surface area contributed by atoms with Gasteiger partial charge in [-0.25, -0.2) is 4.98 Å². The fourth-order valence-electron chi connectivity index (χ4n) is 3.63. The van der Waals surface area contributed by atoms with Crippen LogP contribution in [0.15, 0.2) is 0 Å². The lowest BCUT2D eigenvalue weighted by Crippen LogP contribution is -2.39. The molecule has 23 heavy (non-hydrogen) atoms. The van der Waals surface area contributed by atoms with Crippen molar-refractivity contribution in [3.05, 3.63) is 15.6 Å². The number of fused-ring (bicyclic) bond motifs is 2. The molecule has 2 aliphatic heterocycles. The van der Waals surface area contributed by atoms with Crippen LogP contribution in [-0.4, -0.2) is 29.5 Å². The van der Waals surface area contributed by atoms with Crippen molar-refractivity contribution in [2.75, 3.05) is 6.54 Å². The molecule has 1 amide bonds. The molecule has 2 unspecified atom stereocenters. The number of rotatable bonds is 5. The molecule has 2 atom stereocenters. The molecule has 0 radical (unpaired) electrons. The molecular formula is C16H27Cl2N3OS. The summed E-state index contributed by atoms with van der Waals surface area (Å²) in [5, 5.41) is 7.82. The maximum Gasteiger partial charge on any atom is 0.220 e. The van der Waals surface area contributed by atoms with Gasteiger partial charge in [-0.15, -0.1) is 36.2 Å². The summed E-state index contributed by atoms with van der Waals surface area (Å²) < 4.78 is 0. The Kier molecular flexibility index (Phi) is 8.28. The normalized spacial score (nSPS) is 25.4. The summed E-state index contributed by atoms with van der Waals surface area (Å²) in [5.74, 6) is 0.791. The van der Waals surface area contributed by atoms with Crippen LogP contribution in [0.25, 0.3) is 0 Å². The van der Waals surface area contributed by atoms with Gasteiger partial charge in [-0.2, -0.15) is 0 Å². The smallest absolute Gasteiger partial charge is 0.220 e. The minimum Gasteiger partial charge on any atom is -0.356 e. The topological polar surface area (TPSA) is 54.0 Å². The molecule has 0 saturated carbocycles. The highest BCUT2D eigenvalue weighted by Gasteiger charge is 2.34. The van der Waals surface area contributed by atoms with E-state index in [-0.39, 0.29) is 30.7 Å². The average Bonchev–Trinajstić information content (AvgIpc) is 2.92. The van der Waals surface area contributed by atoms with Crippen LogP contribution in [0.4, 0.5) is 0 Å². The number of aryl methyl sites for hydroxylation is 2. The third-order valence-corrected chi connectivity index (χ3v) is 5.91. The van der Waals surface area contributed by atoms with E-state index in [2.05, 4.69) is 22.5 Å². The zero-order chi connectivity index (χ0) is 14.8. The van der Waals surface area contributed by atoms with E-state index in [1.54, 1.807) is 11.3 Å². The number of hydrogen-bond donors (Lipinski definition) is 2. The minimum atomic E-state index is 0. The van der Waals surface area contributed by atoms with E-state index in [1.807, 2.05) is 6.92 Å². The molecule has 0 spiro atoms. The van der Waals surface area contributed by atoms with Gasteiger partial charge in [-0.05, 0) is 45.4 Å². The van der Waals surface area contributed by atoms with Gasteiger partial charge in [-0.3, -0.25) is 4.79 Å². The first-order valence-electron chi connectivity index (χ1n) is 8.06. The Labute approximate surface area is 155 Å². The zero-order valence-electron chi connectivity index (χ0n) is 13.8. The summed E-state index contributed by atoms with van der Waals surface area (Å²) in [4.78, 5) is 17.8. The Balaban J connectivity index is 0.00000132. The van der Waals surface area contributed by atoms with Gasteiger partial charge in [0.15, 0.2) is 0 Å². The Bertz CT molecular complexity index is 492. The number of aromatic nitrogens is 1. The van der Waals surface area contributed by atoms with E-state index in [4.69, 9.17) is 0 Å². The molecular weight excluding hydrogens is 353 g/mol. The molecule has 2 saturated heterocycles. The second-order valence-electron chi connectivity index (χ2n) is 6.53. The number of piperidine rings is 1. The van der Waals surface area contributed by atoms with Crippen LogP contribution in [0.3, 0.4) is 0 Å². The summed E-state index contributed by atoms with van der Waals surface area (Å²) in [6.45, 7) is 4.85. The predicted octanol–water partition coefficient (Wildman–Crippen LogP) is 3.18. The molecule has 2 N–H and O–H groups in total. The van der Waals surface area contributed by atoms with Crippen molar-refractivity contribution in [1.29, 1.82) is 0 Å². The van der Waals surface area contributed by atoms with Gasteiger partial charge in [0, 0.05) is 36.3 Å². The number of nitrogens with one attached hydrogen (secondary N) is 2. The van der Waals surface area contributed by atoms with Crippen molar-refractivity contribution in [2.45, 2.75) is 64.5 Å². The first-order chi connectivity index (χ1) is 10.1. The Morgan fingerprint density at radius 2 is 1.91 bits per heavy atom. The van der Waals surface area contributed by atoms with Crippen molar-refractivity contribution in [3.63, 3.8) is 0 Å². The molecule has 0 aliphatic carbocycles. The van der Waals surface area contributed by atoms with Gasteiger partial charge in [0.05, 0.1) is 10.7 Å². The number of amides is 1. The summed E-state index contributed by atoms with van der Waals surface area (Å²) >= 11 is 1.74. The standard InChI is InChI=1S/C16H25N3OS.2ClH/c1-10-11(2)21-16(18-10)5-6-17-15(20)9-12-7-13-3-4-14(8-12)19-13;;/h12-14,19H,3-9H2,1-2H3,(H,17,20);2*1H. The molecule has 1 aromatic heterocycles. The Hall–Kier alpha value is -0.360. The van der Waals surface area contributed by atoms with Gasteiger partial charge >= 0.3 is 0 Å². The second kappa shape index (κ2) is 9.21. The first kappa shape index (κ1) is 20.7. The monoisotopic (exact) mass is 379 g/mol. The first-order valence-corrected chi connectivity index (χ1v) is 8.87. The van der Waals surface area contributed by atoms with E-state index >= 15 is 0 Å². The second-order valence-corrected chi connectivity index (χ2v) is 7.82. The van der Waals surface area contributed by atoms with Crippen LogP contribution in [0.1, 0.15) is 47.7 Å². The van der Waals surface area contributed by atoms with Gasteiger partial charge < -0.3 is 10.6 Å². The summed E-state index contributed by atoms with van der Waals surface area (Å²) in [5.41, 5.74) is 1.12. The molecule has 3 heterocycles. The lowest BCUT2D eigenvalue weighted by Gasteiger charge is -2.28. The predicted molar refractivity (Wildman–Crippen MR) is 100 cm³/mol. The number of carbonyl (C=O) groups excluding carboxylic acids is 1. The molecule has 1 aromatic rings. The van der Waals surface area contributed by atoms with Crippen LogP contribution < -0.4 is 10.6 Å². The van der Waals surface area contributed by atoms with Crippen LogP contribution in [-0.2, 0) is 11.2 Å². The molecule has 2 aliphatic rings. The largest absolute Gasteiger partial charge is 0.356 e. The third-order valence-electron chi connectivity index (χ3n) is 4.78. The highest BCUT2D eigenvalue weighted by molar-refractivity contribution is 7.11. The zero-order valence-corrected chi connectivity index (χ0v) is 16.2. The van der Waals surface area contributed by atoms with Gasteiger partial charge in [0.2, 0.25) is 5.91 Å². The fourth-order valence-corrected chi connectivity index (χ4v) is 4.56. The SMILES string of the molecule is Cc1nc(CCNC(=O)CC2CC3CCC(C2)N3)sc1C.Cl.Cl. The number of halogens is 2. The van der Waals surface area contributed by atoms with Crippen molar-refractivity contribution in [3.8, 4) is 0 Å². The molecule has 132 valence electrons. The quantitative estimate of drug-likeness (QED) is 0.825. The highest BCUT2D eigenvalue weighted by Crippen LogP contribution is 2.32. The highest BCUT2D eigenvalue weighted by atomic mass is 35.5. The molecule has 4 nitrogen and oxygen atoms in total. The minimum absolute atomic E-state index is 0. The lowest BCUT2D eigenvalue weighted by atomic mass is 9.89. The lowest BCUT2D eigenvalue weighted by molar-refractivity contribution is -0.122. The van der Waals surface area contributed by atoms with E-state index < -0.39 is 0 Å². The van der Waals surface area contributed by atoms with E-state index in [0.717, 1.165) is 17.1 Å². The molecule has 3 rings (SSSR count). The van der Waals surface area contributed by atoms with Crippen molar-refractivity contribution in [1.82, 2.24) is 15.6 Å². The molecule has 0 aromatic carbocycles. The maximum atomic E-state index is 12.1. The van der Waals surface area contributed by atoms with Crippen molar-refractivity contribution >= 4 is 42.1 Å².